The molecule has 0 N–H and O–H groups in total. The SMILES string of the molecule is CC1=C2CC(CC1C)CC1C3COC3CC3O[Si](C)(C)C[Si](C)(C)OC2C(=O)[C@]31C. The van der Waals surface area contributed by atoms with Crippen LogP contribution in [0.5, 0.6) is 0 Å². The summed E-state index contributed by atoms with van der Waals surface area (Å²) in [7, 11) is -4.02. The first-order valence-corrected chi connectivity index (χ1v) is 18.4. The van der Waals surface area contributed by atoms with Gasteiger partial charge >= 0.3 is 0 Å². The monoisotopic (exact) mass is 448 g/mol. The van der Waals surface area contributed by atoms with Gasteiger partial charge in [-0.1, -0.05) is 12.5 Å². The van der Waals surface area contributed by atoms with Gasteiger partial charge in [-0.05, 0) is 94.7 Å². The molecule has 0 spiro atoms. The summed E-state index contributed by atoms with van der Waals surface area (Å²) in [5.74, 6) is 2.40. The number of allylic oxidation sites excluding steroid dienone is 1. The van der Waals surface area contributed by atoms with Crippen LogP contribution in [0.25, 0.3) is 0 Å². The van der Waals surface area contributed by atoms with Crippen molar-refractivity contribution in [3.8, 4) is 0 Å². The number of Topliss-reactive ketones (excluding diaryl/α,β-unsaturated/α-hetero) is 1. The molecule has 0 radical (unpaired) electrons. The van der Waals surface area contributed by atoms with Crippen molar-refractivity contribution in [2.75, 3.05) is 6.61 Å². The molecule has 0 aromatic rings. The van der Waals surface area contributed by atoms with E-state index in [1.165, 1.54) is 17.6 Å². The van der Waals surface area contributed by atoms with Gasteiger partial charge in [-0.3, -0.25) is 4.79 Å². The van der Waals surface area contributed by atoms with Crippen LogP contribution in [-0.4, -0.2) is 47.3 Å². The second kappa shape index (κ2) is 6.86. The van der Waals surface area contributed by atoms with E-state index in [0.29, 0.717) is 29.5 Å². The third kappa shape index (κ3) is 3.19. The van der Waals surface area contributed by atoms with Gasteiger partial charge < -0.3 is 13.6 Å². The summed E-state index contributed by atoms with van der Waals surface area (Å²) >= 11 is 0. The predicted octanol–water partition coefficient (Wildman–Crippen LogP) is 5.10. The summed E-state index contributed by atoms with van der Waals surface area (Å²) in [6.45, 7) is 17.0. The predicted molar refractivity (Wildman–Crippen MR) is 123 cm³/mol. The highest BCUT2D eigenvalue weighted by molar-refractivity contribution is 6.89. The second-order valence-corrected chi connectivity index (χ2v) is 21.4. The van der Waals surface area contributed by atoms with E-state index in [4.69, 9.17) is 13.6 Å². The van der Waals surface area contributed by atoms with Crippen LogP contribution in [0.15, 0.2) is 11.1 Å². The maximum Gasteiger partial charge on any atom is 0.187 e. The first-order chi connectivity index (χ1) is 13.9. The molecular formula is C24H40O4Si2. The summed E-state index contributed by atoms with van der Waals surface area (Å²) < 4.78 is 20.0. The first-order valence-electron chi connectivity index (χ1n) is 12.1. The van der Waals surface area contributed by atoms with E-state index in [1.807, 2.05) is 0 Å². The number of ether oxygens (including phenoxy) is 1. The number of hydrogen-bond acceptors (Lipinski definition) is 4. The molecule has 2 heterocycles. The van der Waals surface area contributed by atoms with Crippen LogP contribution in [0.2, 0.25) is 31.9 Å². The highest BCUT2D eigenvalue weighted by atomic mass is 28.4. The molecule has 0 amide bonds. The van der Waals surface area contributed by atoms with Gasteiger partial charge in [0.2, 0.25) is 0 Å². The number of fused-ring (bicyclic) bond motifs is 6. The Labute approximate surface area is 184 Å². The normalized spacial score (nSPS) is 49.6. The molecule has 2 saturated heterocycles. The zero-order valence-electron chi connectivity index (χ0n) is 19.9. The Balaban J connectivity index is 1.70. The lowest BCUT2D eigenvalue weighted by Crippen LogP contribution is -2.66. The molecule has 4 fully saturated rings. The van der Waals surface area contributed by atoms with Gasteiger partial charge in [0, 0.05) is 5.92 Å². The maximum absolute atomic E-state index is 14.5. The minimum Gasteiger partial charge on any atom is -0.414 e. The van der Waals surface area contributed by atoms with Crippen LogP contribution in [0.4, 0.5) is 0 Å². The fraction of sp³-hybridized carbons (Fsp3) is 0.875. The molecule has 7 unspecified atom stereocenters. The lowest BCUT2D eigenvalue weighted by molar-refractivity contribution is -0.224. The minimum atomic E-state index is -2.05. The smallest absolute Gasteiger partial charge is 0.187 e. The number of carbonyl (C=O) groups excluding carboxylic acids is 1. The van der Waals surface area contributed by atoms with Crippen molar-refractivity contribution >= 4 is 22.4 Å². The average Bonchev–Trinajstić information content (AvgIpc) is 2.62. The molecular weight excluding hydrogens is 408 g/mol. The van der Waals surface area contributed by atoms with Gasteiger partial charge in [0.25, 0.3) is 0 Å². The molecule has 4 bridgehead atoms. The summed E-state index contributed by atoms with van der Waals surface area (Å²) in [6.07, 6.45) is 4.23. The van der Waals surface area contributed by atoms with Crippen LogP contribution in [0.3, 0.4) is 0 Å². The third-order valence-corrected chi connectivity index (χ3v) is 17.9. The molecule has 2 aliphatic heterocycles. The van der Waals surface area contributed by atoms with Crippen molar-refractivity contribution in [1.82, 2.24) is 0 Å². The summed E-state index contributed by atoms with van der Waals surface area (Å²) in [4.78, 5) is 14.5. The lowest BCUT2D eigenvalue weighted by Gasteiger charge is -2.60. The second-order valence-electron chi connectivity index (χ2n) is 12.5. The molecule has 2 saturated carbocycles. The van der Waals surface area contributed by atoms with Crippen LogP contribution < -0.4 is 0 Å². The van der Waals surface area contributed by atoms with Crippen LogP contribution >= 0.6 is 0 Å². The number of rotatable bonds is 0. The highest BCUT2D eigenvalue weighted by Gasteiger charge is 2.64. The lowest BCUT2D eigenvalue weighted by atomic mass is 9.51. The average molecular weight is 449 g/mol. The van der Waals surface area contributed by atoms with Crippen molar-refractivity contribution in [1.29, 1.82) is 0 Å². The van der Waals surface area contributed by atoms with Gasteiger partial charge in [0.15, 0.2) is 22.4 Å². The number of hydrogen-bond donors (Lipinski definition) is 0. The van der Waals surface area contributed by atoms with Gasteiger partial charge in [-0.2, -0.15) is 0 Å². The fourth-order valence-electron chi connectivity index (χ4n) is 7.81. The Morgan fingerprint density at radius 2 is 1.73 bits per heavy atom. The minimum absolute atomic E-state index is 0.0237. The van der Waals surface area contributed by atoms with E-state index in [-0.39, 0.29) is 18.3 Å². The fourth-order valence-corrected chi connectivity index (χ4v) is 18.7. The Kier molecular flexibility index (Phi) is 4.93. The largest absolute Gasteiger partial charge is 0.414 e. The van der Waals surface area contributed by atoms with Gasteiger partial charge in [-0.15, -0.1) is 0 Å². The first kappa shape index (κ1) is 21.6. The summed E-state index contributed by atoms with van der Waals surface area (Å²) in [5.41, 5.74) is 3.34. The van der Waals surface area contributed by atoms with Crippen molar-refractivity contribution in [3.63, 3.8) is 0 Å². The van der Waals surface area contributed by atoms with Crippen LogP contribution in [0, 0.1) is 29.1 Å². The molecule has 4 nitrogen and oxygen atoms in total. The van der Waals surface area contributed by atoms with Gasteiger partial charge in [0.05, 0.1) is 24.2 Å². The van der Waals surface area contributed by atoms with E-state index < -0.39 is 22.0 Å². The van der Waals surface area contributed by atoms with Crippen LogP contribution in [-0.2, 0) is 18.4 Å². The Morgan fingerprint density at radius 3 is 2.40 bits per heavy atom. The zero-order valence-corrected chi connectivity index (χ0v) is 21.9. The Bertz CT molecular complexity index is 790. The zero-order chi connectivity index (χ0) is 21.6. The van der Waals surface area contributed by atoms with Crippen LogP contribution in [0.1, 0.15) is 46.5 Å². The van der Waals surface area contributed by atoms with E-state index in [0.717, 1.165) is 31.5 Å². The maximum atomic E-state index is 14.5. The van der Waals surface area contributed by atoms with Crippen molar-refractivity contribution in [2.45, 2.75) is 96.6 Å². The highest BCUT2D eigenvalue weighted by Crippen LogP contribution is 2.58. The van der Waals surface area contributed by atoms with E-state index in [2.05, 4.69) is 47.0 Å². The molecule has 5 aliphatic rings. The molecule has 5 rings (SSSR count). The van der Waals surface area contributed by atoms with Gasteiger partial charge in [0.1, 0.15) is 6.10 Å². The third-order valence-electron chi connectivity index (χ3n) is 9.25. The van der Waals surface area contributed by atoms with E-state index in [1.54, 1.807) is 0 Å². The molecule has 168 valence electrons. The van der Waals surface area contributed by atoms with Crippen molar-refractivity contribution in [2.24, 2.45) is 29.1 Å². The Morgan fingerprint density at radius 1 is 1.03 bits per heavy atom. The summed E-state index contributed by atoms with van der Waals surface area (Å²) in [6, 6.07) is 0. The quantitative estimate of drug-likeness (QED) is 0.382. The number of ketones is 1. The molecule has 30 heavy (non-hydrogen) atoms. The summed E-state index contributed by atoms with van der Waals surface area (Å²) in [5, 5.41) is 0. The molecule has 8 atom stereocenters. The molecule has 0 aromatic heterocycles. The van der Waals surface area contributed by atoms with Gasteiger partial charge in [-0.25, -0.2) is 0 Å². The molecule has 3 aliphatic carbocycles. The Hall–Kier alpha value is -0.276. The molecule has 6 heteroatoms. The van der Waals surface area contributed by atoms with Crippen molar-refractivity contribution < 1.29 is 18.4 Å². The van der Waals surface area contributed by atoms with Crippen molar-refractivity contribution in [3.05, 3.63) is 11.1 Å². The van der Waals surface area contributed by atoms with E-state index in [9.17, 15) is 4.79 Å². The number of carbonyl (C=O) groups is 1. The topological polar surface area (TPSA) is 44.8 Å². The molecule has 0 aromatic carbocycles. The standard InChI is InChI=1S/C24H40O4Si2/c1-14-8-16-9-17(15(14)2)22-23(25)24(3)19(10-16)18-12-26-20(18)11-21(24)27-29(4,5)13-30(6,7)28-22/h14,16,18-22H,8-13H2,1-7H3/t14?,16?,18?,19?,20?,21?,22?,24-/m0/s1. The van der Waals surface area contributed by atoms with E-state index >= 15 is 0 Å².